The van der Waals surface area contributed by atoms with Gasteiger partial charge in [0.05, 0.1) is 13.0 Å². The van der Waals surface area contributed by atoms with Gasteiger partial charge in [-0.1, -0.05) is 24.6 Å². The fourth-order valence-corrected chi connectivity index (χ4v) is 3.05. The van der Waals surface area contributed by atoms with Gasteiger partial charge in [-0.25, -0.2) is 0 Å². The number of likely N-dealkylation sites (tertiary alicyclic amines) is 1. The lowest BCUT2D eigenvalue weighted by molar-refractivity contribution is -0.145. The maximum atomic E-state index is 11.8. The van der Waals surface area contributed by atoms with E-state index in [1.54, 1.807) is 0 Å². The molecule has 0 spiro atoms. The number of benzene rings is 1. The molecule has 1 aliphatic heterocycles. The zero-order valence-electron chi connectivity index (χ0n) is 13.5. The van der Waals surface area contributed by atoms with Crippen LogP contribution in [0, 0.1) is 13.8 Å². The minimum absolute atomic E-state index is 0.0607. The van der Waals surface area contributed by atoms with Crippen molar-refractivity contribution in [1.82, 2.24) is 4.90 Å². The van der Waals surface area contributed by atoms with Crippen molar-refractivity contribution < 1.29 is 9.53 Å². The van der Waals surface area contributed by atoms with Crippen molar-refractivity contribution in [3.63, 3.8) is 0 Å². The predicted molar refractivity (Wildman–Crippen MR) is 85.2 cm³/mol. The second kappa shape index (κ2) is 7.60. The quantitative estimate of drug-likeness (QED) is 0.776. The van der Waals surface area contributed by atoms with E-state index in [9.17, 15) is 4.79 Å². The van der Waals surface area contributed by atoms with E-state index in [4.69, 9.17) is 4.74 Å². The first-order chi connectivity index (χ1) is 10.1. The molecule has 3 heteroatoms. The highest BCUT2D eigenvalue weighted by molar-refractivity contribution is 5.70. The van der Waals surface area contributed by atoms with Crippen LogP contribution in [0.5, 0.6) is 0 Å². The summed E-state index contributed by atoms with van der Waals surface area (Å²) in [5, 5.41) is 0. The van der Waals surface area contributed by atoms with Crippen molar-refractivity contribution in [2.45, 2.75) is 59.0 Å². The molecule has 1 saturated heterocycles. The van der Waals surface area contributed by atoms with Crippen LogP contribution in [-0.2, 0) is 16.1 Å². The first kappa shape index (κ1) is 16.0. The summed E-state index contributed by atoms with van der Waals surface area (Å²) < 4.78 is 5.11. The minimum Gasteiger partial charge on any atom is -0.466 e. The van der Waals surface area contributed by atoms with Gasteiger partial charge in [-0.05, 0) is 56.8 Å². The Morgan fingerprint density at radius 1 is 1.29 bits per heavy atom. The molecular weight excluding hydrogens is 262 g/mol. The largest absolute Gasteiger partial charge is 0.466 e. The number of hydrogen-bond donors (Lipinski definition) is 0. The molecule has 21 heavy (non-hydrogen) atoms. The Morgan fingerprint density at radius 2 is 2.10 bits per heavy atom. The highest BCUT2D eigenvalue weighted by Gasteiger charge is 2.25. The van der Waals surface area contributed by atoms with Gasteiger partial charge in [-0.3, -0.25) is 9.69 Å². The van der Waals surface area contributed by atoms with Crippen LogP contribution in [0.2, 0.25) is 0 Å². The second-order valence-corrected chi connectivity index (χ2v) is 6.05. The van der Waals surface area contributed by atoms with E-state index in [-0.39, 0.29) is 5.97 Å². The maximum Gasteiger partial charge on any atom is 0.307 e. The average Bonchev–Trinajstić information content (AvgIpc) is 2.45. The first-order valence-corrected chi connectivity index (χ1v) is 8.06. The van der Waals surface area contributed by atoms with Gasteiger partial charge in [0, 0.05) is 12.6 Å². The van der Waals surface area contributed by atoms with Gasteiger partial charge in [0.25, 0.3) is 0 Å². The molecule has 3 nitrogen and oxygen atoms in total. The third-order valence-corrected chi connectivity index (χ3v) is 4.41. The molecule has 0 aromatic heterocycles. The lowest BCUT2D eigenvalue weighted by atomic mass is 9.98. The van der Waals surface area contributed by atoms with E-state index in [1.165, 1.54) is 29.5 Å². The van der Waals surface area contributed by atoms with Crippen molar-refractivity contribution in [2.75, 3.05) is 13.2 Å². The van der Waals surface area contributed by atoms with Crippen LogP contribution in [0.3, 0.4) is 0 Å². The first-order valence-electron chi connectivity index (χ1n) is 8.06. The lowest BCUT2D eigenvalue weighted by Crippen LogP contribution is -2.40. The van der Waals surface area contributed by atoms with Crippen LogP contribution < -0.4 is 0 Å². The number of carbonyl (C=O) groups excluding carboxylic acids is 1. The summed E-state index contributed by atoms with van der Waals surface area (Å²) in [6, 6.07) is 7.00. The molecule has 116 valence electrons. The Bertz CT molecular complexity index is 484. The van der Waals surface area contributed by atoms with Crippen molar-refractivity contribution in [3.8, 4) is 0 Å². The Hall–Kier alpha value is -1.35. The predicted octanol–water partition coefficient (Wildman–Crippen LogP) is 3.61. The standard InChI is InChI=1S/C18H27NO2/c1-4-21-18(20)12-17-7-5-6-10-19(17)13-16-9-8-14(2)15(3)11-16/h8-9,11,17H,4-7,10,12-13H2,1-3H3. The van der Waals surface area contributed by atoms with Crippen molar-refractivity contribution in [1.29, 1.82) is 0 Å². The van der Waals surface area contributed by atoms with E-state index >= 15 is 0 Å². The zero-order valence-corrected chi connectivity index (χ0v) is 13.5. The summed E-state index contributed by atoms with van der Waals surface area (Å²) in [6.45, 7) is 8.66. The van der Waals surface area contributed by atoms with Crippen LogP contribution in [0.1, 0.15) is 49.3 Å². The van der Waals surface area contributed by atoms with Gasteiger partial charge in [-0.15, -0.1) is 0 Å². The Labute approximate surface area is 128 Å². The Balaban J connectivity index is 2.00. The molecule has 1 unspecified atom stereocenters. The number of esters is 1. The highest BCUT2D eigenvalue weighted by Crippen LogP contribution is 2.23. The summed E-state index contributed by atoms with van der Waals surface area (Å²) in [6.07, 6.45) is 4.07. The van der Waals surface area contributed by atoms with Crippen molar-refractivity contribution in [2.24, 2.45) is 0 Å². The number of carbonyl (C=O) groups is 1. The van der Waals surface area contributed by atoms with E-state index < -0.39 is 0 Å². The molecule has 2 rings (SSSR count). The third kappa shape index (κ3) is 4.57. The molecule has 0 radical (unpaired) electrons. The molecule has 1 atom stereocenters. The number of aryl methyl sites for hydroxylation is 2. The maximum absolute atomic E-state index is 11.8. The fraction of sp³-hybridized carbons (Fsp3) is 0.611. The molecule has 1 aliphatic rings. The molecular formula is C18H27NO2. The van der Waals surface area contributed by atoms with E-state index in [0.29, 0.717) is 19.1 Å². The Kier molecular flexibility index (Phi) is 5.80. The summed E-state index contributed by atoms with van der Waals surface area (Å²) in [5.41, 5.74) is 4.01. The number of rotatable bonds is 5. The van der Waals surface area contributed by atoms with Crippen LogP contribution in [0.15, 0.2) is 18.2 Å². The summed E-state index contributed by atoms with van der Waals surface area (Å²) in [4.78, 5) is 14.2. The monoisotopic (exact) mass is 289 g/mol. The van der Waals surface area contributed by atoms with E-state index in [2.05, 4.69) is 36.9 Å². The van der Waals surface area contributed by atoms with Gasteiger partial charge in [0.15, 0.2) is 0 Å². The number of nitrogens with zero attached hydrogens (tertiary/aromatic N) is 1. The molecule has 0 amide bonds. The van der Waals surface area contributed by atoms with Gasteiger partial charge >= 0.3 is 5.97 Å². The smallest absolute Gasteiger partial charge is 0.307 e. The van der Waals surface area contributed by atoms with E-state index in [1.807, 2.05) is 6.92 Å². The fourth-order valence-electron chi connectivity index (χ4n) is 3.05. The third-order valence-electron chi connectivity index (χ3n) is 4.41. The molecule has 0 N–H and O–H groups in total. The van der Waals surface area contributed by atoms with Gasteiger partial charge in [0.2, 0.25) is 0 Å². The highest BCUT2D eigenvalue weighted by atomic mass is 16.5. The topological polar surface area (TPSA) is 29.5 Å². The summed E-state index contributed by atoms with van der Waals surface area (Å²) in [5.74, 6) is -0.0607. The molecule has 1 aromatic rings. The molecule has 1 heterocycles. The lowest BCUT2D eigenvalue weighted by Gasteiger charge is -2.35. The molecule has 0 saturated carbocycles. The number of ether oxygens (including phenoxy) is 1. The Morgan fingerprint density at radius 3 is 2.81 bits per heavy atom. The van der Waals surface area contributed by atoms with Crippen LogP contribution in [0.25, 0.3) is 0 Å². The molecule has 0 bridgehead atoms. The van der Waals surface area contributed by atoms with E-state index in [0.717, 1.165) is 19.5 Å². The van der Waals surface area contributed by atoms with Gasteiger partial charge in [0.1, 0.15) is 0 Å². The number of piperidine rings is 1. The SMILES string of the molecule is CCOC(=O)CC1CCCCN1Cc1ccc(C)c(C)c1. The second-order valence-electron chi connectivity index (χ2n) is 6.05. The molecule has 0 aliphatic carbocycles. The van der Waals surface area contributed by atoms with Gasteiger partial charge < -0.3 is 4.74 Å². The normalized spacial score (nSPS) is 19.5. The number of hydrogen-bond acceptors (Lipinski definition) is 3. The van der Waals surface area contributed by atoms with Crippen LogP contribution in [-0.4, -0.2) is 30.1 Å². The molecule has 1 aromatic carbocycles. The summed E-state index contributed by atoms with van der Waals surface area (Å²) in [7, 11) is 0. The van der Waals surface area contributed by atoms with Crippen molar-refractivity contribution in [3.05, 3.63) is 34.9 Å². The summed E-state index contributed by atoms with van der Waals surface area (Å²) >= 11 is 0. The van der Waals surface area contributed by atoms with Crippen molar-refractivity contribution >= 4 is 5.97 Å². The van der Waals surface area contributed by atoms with Crippen LogP contribution >= 0.6 is 0 Å². The van der Waals surface area contributed by atoms with Gasteiger partial charge in [-0.2, -0.15) is 0 Å². The zero-order chi connectivity index (χ0) is 15.2. The molecule has 1 fully saturated rings. The minimum atomic E-state index is -0.0607. The van der Waals surface area contributed by atoms with Crippen LogP contribution in [0.4, 0.5) is 0 Å². The average molecular weight is 289 g/mol.